The number of hydrogen-bond acceptors (Lipinski definition) is 4. The number of nitrogens with one attached hydrogen (secondary N) is 2. The third-order valence-electron chi connectivity index (χ3n) is 4.02. The summed E-state index contributed by atoms with van der Waals surface area (Å²) in [5.74, 6) is 0.238. The average Bonchev–Trinajstić information content (AvgIpc) is 2.72. The number of amides is 1. The second-order valence-electron chi connectivity index (χ2n) is 5.94. The molecule has 2 aromatic carbocycles. The van der Waals surface area contributed by atoms with Gasteiger partial charge in [-0.15, -0.1) is 0 Å². The number of rotatable bonds is 7. The van der Waals surface area contributed by atoms with E-state index < -0.39 is 0 Å². The lowest BCUT2D eigenvalue weighted by Gasteiger charge is -2.08. The normalized spacial score (nSPS) is 10.3. The highest BCUT2D eigenvalue weighted by molar-refractivity contribution is 5.92. The molecule has 0 aliphatic rings. The number of carbonyl (C=O) groups is 1. The highest BCUT2D eigenvalue weighted by Crippen LogP contribution is 2.13. The molecule has 0 atom stereocenters. The molecule has 0 unspecified atom stereocenters. The molecule has 3 aromatic rings. The van der Waals surface area contributed by atoms with Crippen LogP contribution in [-0.4, -0.2) is 18.0 Å². The van der Waals surface area contributed by atoms with E-state index in [9.17, 15) is 9.18 Å². The third-order valence-corrected chi connectivity index (χ3v) is 4.02. The number of hydrogen-bond donors (Lipinski definition) is 2. The van der Waals surface area contributed by atoms with E-state index in [0.29, 0.717) is 18.8 Å². The molecule has 0 radical (unpaired) electrons. The fourth-order valence-electron chi connectivity index (χ4n) is 2.46. The number of benzene rings is 2. The lowest BCUT2D eigenvalue weighted by atomic mass is 10.2. The van der Waals surface area contributed by atoms with E-state index in [1.165, 1.54) is 12.1 Å². The molecule has 6 heteroatoms. The lowest BCUT2D eigenvalue weighted by Crippen LogP contribution is -2.23. The standard InChI is InChI=1S/C21H20FN3O2/c1-27-19-9-4-16(5-10-19)12-23-18-8-11-20(24-14-18)21(26)25-13-15-2-6-17(22)7-3-15/h2-11,14,23H,12-13H2,1H3,(H,25,26). The second-order valence-corrected chi connectivity index (χ2v) is 5.94. The van der Waals surface area contributed by atoms with Crippen LogP contribution in [0.3, 0.4) is 0 Å². The van der Waals surface area contributed by atoms with Crippen LogP contribution in [0.2, 0.25) is 0 Å². The van der Waals surface area contributed by atoms with Gasteiger partial charge in [0.05, 0.1) is 19.0 Å². The van der Waals surface area contributed by atoms with Crippen LogP contribution >= 0.6 is 0 Å². The van der Waals surface area contributed by atoms with E-state index in [2.05, 4.69) is 15.6 Å². The van der Waals surface area contributed by atoms with Crippen LogP contribution in [0, 0.1) is 5.82 Å². The van der Waals surface area contributed by atoms with Crippen molar-refractivity contribution in [2.24, 2.45) is 0 Å². The maximum Gasteiger partial charge on any atom is 0.270 e. The maximum atomic E-state index is 12.9. The van der Waals surface area contributed by atoms with E-state index in [1.54, 1.807) is 31.5 Å². The van der Waals surface area contributed by atoms with E-state index in [0.717, 1.165) is 22.6 Å². The van der Waals surface area contributed by atoms with E-state index in [4.69, 9.17) is 4.74 Å². The van der Waals surface area contributed by atoms with Crippen molar-refractivity contribution in [2.75, 3.05) is 12.4 Å². The van der Waals surface area contributed by atoms with Gasteiger partial charge in [0.25, 0.3) is 5.91 Å². The molecule has 0 saturated heterocycles. The fourth-order valence-corrected chi connectivity index (χ4v) is 2.46. The minimum Gasteiger partial charge on any atom is -0.497 e. The van der Waals surface area contributed by atoms with E-state index >= 15 is 0 Å². The number of methoxy groups -OCH3 is 1. The smallest absolute Gasteiger partial charge is 0.270 e. The van der Waals surface area contributed by atoms with Crippen molar-refractivity contribution >= 4 is 11.6 Å². The van der Waals surface area contributed by atoms with Crippen molar-refractivity contribution in [2.45, 2.75) is 13.1 Å². The summed E-state index contributed by atoms with van der Waals surface area (Å²) in [4.78, 5) is 16.3. The van der Waals surface area contributed by atoms with Crippen LogP contribution in [0.4, 0.5) is 10.1 Å². The van der Waals surface area contributed by atoms with Crippen LogP contribution in [0.5, 0.6) is 5.75 Å². The molecular weight excluding hydrogens is 345 g/mol. The molecule has 138 valence electrons. The van der Waals surface area contributed by atoms with Gasteiger partial charge < -0.3 is 15.4 Å². The Labute approximate surface area is 157 Å². The molecule has 27 heavy (non-hydrogen) atoms. The van der Waals surface area contributed by atoms with Crippen LogP contribution < -0.4 is 15.4 Å². The van der Waals surface area contributed by atoms with Gasteiger partial charge in [0.2, 0.25) is 0 Å². The van der Waals surface area contributed by atoms with Gasteiger partial charge in [0.15, 0.2) is 0 Å². The number of nitrogens with zero attached hydrogens (tertiary/aromatic N) is 1. The summed E-state index contributed by atoms with van der Waals surface area (Å²) in [6.07, 6.45) is 1.62. The van der Waals surface area contributed by atoms with Gasteiger partial charge >= 0.3 is 0 Å². The number of pyridine rings is 1. The first-order valence-electron chi connectivity index (χ1n) is 8.49. The van der Waals surface area contributed by atoms with Crippen molar-refractivity contribution in [1.29, 1.82) is 0 Å². The van der Waals surface area contributed by atoms with Gasteiger partial charge in [-0.1, -0.05) is 24.3 Å². The molecule has 1 amide bonds. The Balaban J connectivity index is 1.51. The number of halogens is 1. The van der Waals surface area contributed by atoms with Gasteiger partial charge in [0.1, 0.15) is 17.3 Å². The van der Waals surface area contributed by atoms with Crippen molar-refractivity contribution in [3.63, 3.8) is 0 Å². The lowest BCUT2D eigenvalue weighted by molar-refractivity contribution is 0.0946. The Kier molecular flexibility index (Phi) is 5.99. The average molecular weight is 365 g/mol. The topological polar surface area (TPSA) is 63.2 Å². The van der Waals surface area contributed by atoms with Gasteiger partial charge in [0, 0.05) is 13.1 Å². The van der Waals surface area contributed by atoms with Crippen molar-refractivity contribution < 1.29 is 13.9 Å². The second kappa shape index (κ2) is 8.80. The van der Waals surface area contributed by atoms with Gasteiger partial charge in [-0.25, -0.2) is 9.37 Å². The van der Waals surface area contributed by atoms with E-state index in [1.807, 2.05) is 30.3 Å². The summed E-state index contributed by atoms with van der Waals surface area (Å²) in [6.45, 7) is 0.958. The number of aromatic nitrogens is 1. The Morgan fingerprint density at radius 2 is 1.63 bits per heavy atom. The molecular formula is C21H20FN3O2. The highest BCUT2D eigenvalue weighted by atomic mass is 19.1. The maximum absolute atomic E-state index is 12.9. The molecule has 5 nitrogen and oxygen atoms in total. The zero-order valence-corrected chi connectivity index (χ0v) is 14.9. The fraction of sp³-hybridized carbons (Fsp3) is 0.143. The molecule has 0 fully saturated rings. The van der Waals surface area contributed by atoms with Crippen LogP contribution in [-0.2, 0) is 13.1 Å². The predicted molar refractivity (Wildman–Crippen MR) is 102 cm³/mol. The summed E-state index contributed by atoms with van der Waals surface area (Å²) in [6, 6.07) is 17.2. The molecule has 0 spiro atoms. The number of anilines is 1. The van der Waals surface area contributed by atoms with Crippen molar-refractivity contribution in [1.82, 2.24) is 10.3 Å². The largest absolute Gasteiger partial charge is 0.497 e. The van der Waals surface area contributed by atoms with E-state index in [-0.39, 0.29) is 11.7 Å². The molecule has 2 N–H and O–H groups in total. The minimum absolute atomic E-state index is 0.277. The molecule has 0 saturated carbocycles. The summed E-state index contributed by atoms with van der Waals surface area (Å²) in [7, 11) is 1.64. The van der Waals surface area contributed by atoms with Gasteiger partial charge in [-0.05, 0) is 47.5 Å². The highest BCUT2D eigenvalue weighted by Gasteiger charge is 2.07. The molecule has 0 aliphatic carbocycles. The zero-order chi connectivity index (χ0) is 19.1. The summed E-state index contributed by atoms with van der Waals surface area (Å²) in [5.41, 5.74) is 3.08. The first-order valence-corrected chi connectivity index (χ1v) is 8.49. The summed E-state index contributed by atoms with van der Waals surface area (Å²) < 4.78 is 18.0. The van der Waals surface area contributed by atoms with Crippen molar-refractivity contribution in [3.8, 4) is 5.75 Å². The predicted octanol–water partition coefficient (Wildman–Crippen LogP) is 3.77. The first kappa shape index (κ1) is 18.4. The van der Waals surface area contributed by atoms with Crippen LogP contribution in [0.1, 0.15) is 21.6 Å². The third kappa shape index (κ3) is 5.28. The van der Waals surface area contributed by atoms with Crippen LogP contribution in [0.15, 0.2) is 66.9 Å². The molecule has 1 heterocycles. The Bertz CT molecular complexity index is 879. The first-order chi connectivity index (χ1) is 13.1. The number of carbonyl (C=O) groups excluding carboxylic acids is 1. The SMILES string of the molecule is COc1ccc(CNc2ccc(C(=O)NCc3ccc(F)cc3)nc2)cc1. The quantitative estimate of drug-likeness (QED) is 0.669. The monoisotopic (exact) mass is 365 g/mol. The molecule has 0 bridgehead atoms. The van der Waals surface area contributed by atoms with Gasteiger partial charge in [-0.2, -0.15) is 0 Å². The summed E-state index contributed by atoms with van der Waals surface area (Å²) in [5, 5.41) is 6.02. The summed E-state index contributed by atoms with van der Waals surface area (Å²) >= 11 is 0. The Morgan fingerprint density at radius 1 is 0.963 bits per heavy atom. The molecule has 0 aliphatic heterocycles. The number of ether oxygens (including phenoxy) is 1. The minimum atomic E-state index is -0.301. The molecule has 1 aromatic heterocycles. The molecule has 3 rings (SSSR count). The Hall–Kier alpha value is -3.41. The van der Waals surface area contributed by atoms with Crippen LogP contribution in [0.25, 0.3) is 0 Å². The van der Waals surface area contributed by atoms with Gasteiger partial charge in [-0.3, -0.25) is 4.79 Å². The zero-order valence-electron chi connectivity index (χ0n) is 14.9. The Morgan fingerprint density at radius 3 is 2.26 bits per heavy atom. The van der Waals surface area contributed by atoms with Crippen molar-refractivity contribution in [3.05, 3.63) is 89.5 Å².